The SMILES string of the molecule is COc1cc(C=O)ccc1OCC(C)CN1CCCC1. The molecule has 0 spiro atoms. The Morgan fingerprint density at radius 2 is 2.05 bits per heavy atom. The number of nitrogens with zero attached hydrogens (tertiary/aromatic N) is 1. The van der Waals surface area contributed by atoms with Crippen LogP contribution in [0.1, 0.15) is 30.1 Å². The first-order valence-electron chi connectivity index (χ1n) is 7.21. The highest BCUT2D eigenvalue weighted by atomic mass is 16.5. The number of carbonyl (C=O) groups excluding carboxylic acids is 1. The van der Waals surface area contributed by atoms with Gasteiger partial charge in [-0.3, -0.25) is 4.79 Å². The molecule has 110 valence electrons. The van der Waals surface area contributed by atoms with Crippen molar-refractivity contribution < 1.29 is 14.3 Å². The van der Waals surface area contributed by atoms with Crippen molar-refractivity contribution in [1.82, 2.24) is 4.90 Å². The Hall–Kier alpha value is -1.55. The summed E-state index contributed by atoms with van der Waals surface area (Å²) in [7, 11) is 1.59. The Morgan fingerprint density at radius 3 is 2.70 bits per heavy atom. The summed E-state index contributed by atoms with van der Waals surface area (Å²) in [6.07, 6.45) is 3.44. The van der Waals surface area contributed by atoms with Crippen molar-refractivity contribution >= 4 is 6.29 Å². The smallest absolute Gasteiger partial charge is 0.161 e. The van der Waals surface area contributed by atoms with Gasteiger partial charge in [0, 0.05) is 18.0 Å². The minimum Gasteiger partial charge on any atom is -0.493 e. The number of benzene rings is 1. The lowest BCUT2D eigenvalue weighted by Crippen LogP contribution is -2.28. The normalized spacial score (nSPS) is 16.9. The third-order valence-corrected chi connectivity index (χ3v) is 3.62. The van der Waals surface area contributed by atoms with Crippen LogP contribution in [0.5, 0.6) is 11.5 Å². The molecule has 1 saturated heterocycles. The van der Waals surface area contributed by atoms with Crippen molar-refractivity contribution in [2.75, 3.05) is 33.4 Å². The highest BCUT2D eigenvalue weighted by Gasteiger charge is 2.15. The molecule has 4 nitrogen and oxygen atoms in total. The van der Waals surface area contributed by atoms with Crippen molar-refractivity contribution in [3.8, 4) is 11.5 Å². The standard InChI is InChI=1S/C16H23NO3/c1-13(10-17-7-3-4-8-17)12-20-15-6-5-14(11-18)9-16(15)19-2/h5-6,9,11,13H,3-4,7-8,10,12H2,1-2H3. The fourth-order valence-corrected chi connectivity index (χ4v) is 2.57. The summed E-state index contributed by atoms with van der Waals surface area (Å²) in [5.41, 5.74) is 0.597. The molecule has 1 unspecified atom stereocenters. The molecule has 0 radical (unpaired) electrons. The van der Waals surface area contributed by atoms with Gasteiger partial charge in [0.25, 0.3) is 0 Å². The third kappa shape index (κ3) is 3.97. The molecule has 0 aliphatic carbocycles. The van der Waals surface area contributed by atoms with Gasteiger partial charge >= 0.3 is 0 Å². The third-order valence-electron chi connectivity index (χ3n) is 3.62. The Bertz CT molecular complexity index is 441. The lowest BCUT2D eigenvalue weighted by atomic mass is 10.2. The van der Waals surface area contributed by atoms with Gasteiger partial charge in [0.15, 0.2) is 11.5 Å². The van der Waals surface area contributed by atoms with E-state index in [0.717, 1.165) is 12.8 Å². The second-order valence-electron chi connectivity index (χ2n) is 5.45. The highest BCUT2D eigenvalue weighted by Crippen LogP contribution is 2.28. The monoisotopic (exact) mass is 277 g/mol. The first-order chi connectivity index (χ1) is 9.72. The molecule has 0 amide bonds. The van der Waals surface area contributed by atoms with Gasteiger partial charge in [-0.2, -0.15) is 0 Å². The molecule has 1 fully saturated rings. The fourth-order valence-electron chi connectivity index (χ4n) is 2.57. The molecular weight excluding hydrogens is 254 g/mol. The number of methoxy groups -OCH3 is 1. The summed E-state index contributed by atoms with van der Waals surface area (Å²) in [6.45, 7) is 6.36. The second kappa shape index (κ2) is 7.29. The molecule has 1 aliphatic heterocycles. The maximum absolute atomic E-state index is 10.7. The molecule has 4 heteroatoms. The Kier molecular flexibility index (Phi) is 5.41. The fraction of sp³-hybridized carbons (Fsp3) is 0.562. The Labute approximate surface area is 120 Å². The summed E-state index contributed by atoms with van der Waals surface area (Å²) in [5.74, 6) is 1.79. The van der Waals surface area contributed by atoms with Crippen molar-refractivity contribution in [3.63, 3.8) is 0 Å². The van der Waals surface area contributed by atoms with Crippen molar-refractivity contribution in [1.29, 1.82) is 0 Å². The quantitative estimate of drug-likeness (QED) is 0.718. The summed E-state index contributed by atoms with van der Waals surface area (Å²) < 4.78 is 11.1. The van der Waals surface area contributed by atoms with Crippen LogP contribution in [0.15, 0.2) is 18.2 Å². The zero-order valence-corrected chi connectivity index (χ0v) is 12.3. The maximum Gasteiger partial charge on any atom is 0.161 e. The number of likely N-dealkylation sites (tertiary alicyclic amines) is 1. The van der Waals surface area contributed by atoms with E-state index in [9.17, 15) is 4.79 Å². The van der Waals surface area contributed by atoms with Crippen molar-refractivity contribution in [3.05, 3.63) is 23.8 Å². The van der Waals surface area contributed by atoms with Crippen LogP contribution >= 0.6 is 0 Å². The molecule has 1 aromatic carbocycles. The van der Waals surface area contributed by atoms with Gasteiger partial charge in [-0.1, -0.05) is 6.92 Å². The van der Waals surface area contributed by atoms with E-state index >= 15 is 0 Å². The van der Waals surface area contributed by atoms with E-state index in [-0.39, 0.29) is 0 Å². The number of aldehydes is 1. The number of ether oxygens (including phenoxy) is 2. The number of rotatable bonds is 7. The Balaban J connectivity index is 1.87. The molecule has 2 rings (SSSR count). The first kappa shape index (κ1) is 14.9. The molecule has 0 saturated carbocycles. The van der Waals surface area contributed by atoms with E-state index in [2.05, 4.69) is 11.8 Å². The first-order valence-corrected chi connectivity index (χ1v) is 7.21. The van der Waals surface area contributed by atoms with E-state index in [1.165, 1.54) is 25.9 Å². The van der Waals surface area contributed by atoms with Crippen molar-refractivity contribution in [2.45, 2.75) is 19.8 Å². The van der Waals surface area contributed by atoms with Crippen LogP contribution in [0.4, 0.5) is 0 Å². The highest BCUT2D eigenvalue weighted by molar-refractivity contribution is 5.76. The maximum atomic E-state index is 10.7. The van der Waals surface area contributed by atoms with E-state index in [1.54, 1.807) is 25.3 Å². The van der Waals surface area contributed by atoms with E-state index < -0.39 is 0 Å². The zero-order valence-electron chi connectivity index (χ0n) is 12.3. The average Bonchev–Trinajstić information content (AvgIpc) is 2.97. The summed E-state index contributed by atoms with van der Waals surface area (Å²) in [4.78, 5) is 13.2. The molecule has 1 heterocycles. The summed E-state index contributed by atoms with van der Waals surface area (Å²) in [5, 5.41) is 0. The summed E-state index contributed by atoms with van der Waals surface area (Å²) >= 11 is 0. The van der Waals surface area contributed by atoms with Gasteiger partial charge in [0.2, 0.25) is 0 Å². The van der Waals surface area contributed by atoms with Crippen LogP contribution in [0, 0.1) is 5.92 Å². The lowest BCUT2D eigenvalue weighted by molar-refractivity contribution is 0.112. The van der Waals surface area contributed by atoms with Gasteiger partial charge in [-0.05, 0) is 44.1 Å². The molecule has 0 bridgehead atoms. The topological polar surface area (TPSA) is 38.8 Å². The van der Waals surface area contributed by atoms with Crippen LogP contribution in [0.3, 0.4) is 0 Å². The van der Waals surface area contributed by atoms with Crippen molar-refractivity contribution in [2.24, 2.45) is 5.92 Å². The van der Waals surface area contributed by atoms with Crippen LogP contribution in [0.25, 0.3) is 0 Å². The average molecular weight is 277 g/mol. The molecule has 20 heavy (non-hydrogen) atoms. The lowest BCUT2D eigenvalue weighted by Gasteiger charge is -2.21. The largest absolute Gasteiger partial charge is 0.493 e. The number of hydrogen-bond donors (Lipinski definition) is 0. The minimum atomic E-state index is 0.476. The molecule has 1 atom stereocenters. The van der Waals surface area contributed by atoms with E-state index in [4.69, 9.17) is 9.47 Å². The number of hydrogen-bond acceptors (Lipinski definition) is 4. The molecular formula is C16H23NO3. The zero-order chi connectivity index (χ0) is 14.4. The van der Waals surface area contributed by atoms with Crippen LogP contribution in [-0.4, -0.2) is 44.5 Å². The molecule has 0 N–H and O–H groups in total. The molecule has 0 aromatic heterocycles. The van der Waals surface area contributed by atoms with E-state index in [0.29, 0.717) is 29.6 Å². The van der Waals surface area contributed by atoms with Crippen LogP contribution in [-0.2, 0) is 0 Å². The molecule has 1 aromatic rings. The Morgan fingerprint density at radius 1 is 1.30 bits per heavy atom. The van der Waals surface area contributed by atoms with Gasteiger partial charge in [0.1, 0.15) is 6.29 Å². The van der Waals surface area contributed by atoms with E-state index in [1.807, 2.05) is 0 Å². The predicted molar refractivity (Wildman–Crippen MR) is 78.7 cm³/mol. The second-order valence-corrected chi connectivity index (χ2v) is 5.45. The van der Waals surface area contributed by atoms with Gasteiger partial charge < -0.3 is 14.4 Å². The molecule has 1 aliphatic rings. The predicted octanol–water partition coefficient (Wildman–Crippen LogP) is 2.62. The minimum absolute atomic E-state index is 0.476. The van der Waals surface area contributed by atoms with Gasteiger partial charge in [-0.15, -0.1) is 0 Å². The van der Waals surface area contributed by atoms with Crippen LogP contribution in [0.2, 0.25) is 0 Å². The van der Waals surface area contributed by atoms with Gasteiger partial charge in [0.05, 0.1) is 13.7 Å². The van der Waals surface area contributed by atoms with Crippen LogP contribution < -0.4 is 9.47 Å². The number of carbonyl (C=O) groups is 1. The summed E-state index contributed by atoms with van der Waals surface area (Å²) in [6, 6.07) is 5.24. The van der Waals surface area contributed by atoms with Gasteiger partial charge in [-0.25, -0.2) is 0 Å².